The number of amides is 2. The number of carbonyl (C=O) groups excluding carboxylic acids is 2. The fourth-order valence-electron chi connectivity index (χ4n) is 4.45. The van der Waals surface area contributed by atoms with Crippen LogP contribution in [0.3, 0.4) is 0 Å². The summed E-state index contributed by atoms with van der Waals surface area (Å²) in [6.07, 6.45) is 2.70. The van der Waals surface area contributed by atoms with Crippen LogP contribution in [-0.4, -0.2) is 55.4 Å². The van der Waals surface area contributed by atoms with Crippen LogP contribution < -0.4 is 9.62 Å². The van der Waals surface area contributed by atoms with Crippen molar-refractivity contribution in [2.45, 2.75) is 45.7 Å². The summed E-state index contributed by atoms with van der Waals surface area (Å²) in [4.78, 5) is 39.9. The first kappa shape index (κ1) is 32.6. The number of hydrogen-bond acceptors (Lipinski definition) is 6. The quantitative estimate of drug-likeness (QED) is 0.156. The number of anilines is 1. The largest absolute Gasteiger partial charge is 0.354 e. The molecule has 0 aliphatic carbocycles. The van der Waals surface area contributed by atoms with Crippen molar-refractivity contribution in [3.63, 3.8) is 0 Å². The Labute approximate surface area is 251 Å². The Morgan fingerprint density at radius 3 is 2.33 bits per heavy atom. The molecule has 0 saturated heterocycles. The maximum absolute atomic E-state index is 14.1. The van der Waals surface area contributed by atoms with Gasteiger partial charge in [0.1, 0.15) is 12.6 Å². The predicted molar refractivity (Wildman–Crippen MR) is 164 cm³/mol. The number of carbonyl (C=O) groups is 2. The SMILES string of the molecule is CCCCNC(=O)[C@H](Cc1ccccc1)N(Cc1ccccc1Cl)C(=O)CN(c1cc([N+](=O)[O-])ccc1C)S(C)(=O)=O. The number of unbranched alkanes of at least 4 members (excludes halogenated alkanes) is 1. The van der Waals surface area contributed by atoms with Crippen LogP contribution in [0.5, 0.6) is 0 Å². The van der Waals surface area contributed by atoms with Gasteiger partial charge in [0.15, 0.2) is 0 Å². The van der Waals surface area contributed by atoms with Gasteiger partial charge in [-0.25, -0.2) is 8.42 Å². The standard InChI is InChI=1S/C30H35ClN4O6S/c1-4-5-17-32-30(37)28(18-23-11-7-6-8-12-23)33(20-24-13-9-10-14-26(24)31)29(36)21-34(42(3,40)41)27-19-25(35(38)39)16-15-22(27)2/h6-16,19,28H,4-5,17-18,20-21H2,1-3H3,(H,32,37)/t28-/m0/s1. The van der Waals surface area contributed by atoms with Crippen molar-refractivity contribution in [3.05, 3.63) is 105 Å². The second-order valence-corrected chi connectivity index (χ2v) is 12.3. The number of aryl methyl sites for hydroxylation is 1. The van der Waals surface area contributed by atoms with Gasteiger partial charge in [-0.05, 0) is 36.1 Å². The highest BCUT2D eigenvalue weighted by Crippen LogP contribution is 2.28. The van der Waals surface area contributed by atoms with E-state index in [4.69, 9.17) is 11.6 Å². The van der Waals surface area contributed by atoms with Gasteiger partial charge in [0.2, 0.25) is 21.8 Å². The summed E-state index contributed by atoms with van der Waals surface area (Å²) < 4.78 is 26.8. The van der Waals surface area contributed by atoms with Gasteiger partial charge < -0.3 is 10.2 Å². The third-order valence-electron chi connectivity index (χ3n) is 6.75. The number of non-ortho nitro benzene ring substituents is 1. The molecule has 12 heteroatoms. The number of sulfonamides is 1. The molecule has 0 saturated carbocycles. The molecular weight excluding hydrogens is 580 g/mol. The van der Waals surface area contributed by atoms with Gasteiger partial charge in [0.25, 0.3) is 5.69 Å². The highest BCUT2D eigenvalue weighted by Gasteiger charge is 2.34. The van der Waals surface area contributed by atoms with Crippen molar-refractivity contribution in [1.29, 1.82) is 0 Å². The minimum atomic E-state index is -4.08. The number of rotatable bonds is 14. The maximum atomic E-state index is 14.1. The monoisotopic (exact) mass is 614 g/mol. The molecule has 0 heterocycles. The summed E-state index contributed by atoms with van der Waals surface area (Å²) in [5.74, 6) is -1.05. The van der Waals surface area contributed by atoms with Gasteiger partial charge in [-0.15, -0.1) is 0 Å². The van der Waals surface area contributed by atoms with Crippen LogP contribution >= 0.6 is 11.6 Å². The van der Waals surface area contributed by atoms with Gasteiger partial charge in [0.05, 0.1) is 16.9 Å². The lowest BCUT2D eigenvalue weighted by atomic mass is 10.0. The Hall–Kier alpha value is -3.96. The lowest BCUT2D eigenvalue weighted by Crippen LogP contribution is -2.53. The Bertz CT molecular complexity index is 1520. The van der Waals surface area contributed by atoms with Crippen LogP contribution in [0.4, 0.5) is 11.4 Å². The van der Waals surface area contributed by atoms with Crippen LogP contribution in [-0.2, 0) is 32.6 Å². The normalized spacial score (nSPS) is 11.9. The van der Waals surface area contributed by atoms with Crippen molar-refractivity contribution < 1.29 is 22.9 Å². The van der Waals surface area contributed by atoms with E-state index in [0.29, 0.717) is 22.7 Å². The Morgan fingerprint density at radius 2 is 1.71 bits per heavy atom. The van der Waals surface area contributed by atoms with Crippen molar-refractivity contribution in [2.75, 3.05) is 23.7 Å². The van der Waals surface area contributed by atoms with Gasteiger partial charge in [-0.2, -0.15) is 0 Å². The molecule has 42 heavy (non-hydrogen) atoms. The summed E-state index contributed by atoms with van der Waals surface area (Å²) in [6.45, 7) is 3.26. The molecule has 0 radical (unpaired) electrons. The fourth-order valence-corrected chi connectivity index (χ4v) is 5.54. The van der Waals surface area contributed by atoms with E-state index in [0.717, 1.165) is 35.0 Å². The first-order valence-electron chi connectivity index (χ1n) is 13.5. The first-order valence-corrected chi connectivity index (χ1v) is 15.7. The second kappa shape index (κ2) is 14.8. The van der Waals surface area contributed by atoms with Crippen molar-refractivity contribution in [1.82, 2.24) is 10.2 Å². The van der Waals surface area contributed by atoms with E-state index in [2.05, 4.69) is 5.32 Å². The van der Waals surface area contributed by atoms with Crippen molar-refractivity contribution in [3.8, 4) is 0 Å². The van der Waals surface area contributed by atoms with E-state index in [9.17, 15) is 28.1 Å². The molecule has 1 atom stereocenters. The zero-order valence-corrected chi connectivity index (χ0v) is 25.4. The molecule has 0 aromatic heterocycles. The summed E-state index contributed by atoms with van der Waals surface area (Å²) in [5, 5.41) is 14.7. The van der Waals surface area contributed by atoms with Crippen LogP contribution in [0.25, 0.3) is 0 Å². The molecule has 224 valence electrons. The number of nitro benzene ring substituents is 1. The van der Waals surface area contributed by atoms with E-state index in [1.54, 1.807) is 31.2 Å². The molecule has 0 unspecified atom stereocenters. The fraction of sp³-hybridized carbons (Fsp3) is 0.333. The van der Waals surface area contributed by atoms with Crippen molar-refractivity contribution >= 4 is 44.8 Å². The van der Waals surface area contributed by atoms with Gasteiger partial charge in [0, 0.05) is 36.7 Å². The molecule has 2 amide bonds. The van der Waals surface area contributed by atoms with Crippen molar-refractivity contribution in [2.24, 2.45) is 0 Å². The summed E-state index contributed by atoms with van der Waals surface area (Å²) in [7, 11) is -4.08. The molecule has 0 aliphatic rings. The summed E-state index contributed by atoms with van der Waals surface area (Å²) in [6, 6.07) is 18.9. The van der Waals surface area contributed by atoms with E-state index in [1.165, 1.54) is 17.0 Å². The maximum Gasteiger partial charge on any atom is 0.271 e. The predicted octanol–water partition coefficient (Wildman–Crippen LogP) is 4.88. The van der Waals surface area contributed by atoms with E-state index in [1.807, 2.05) is 37.3 Å². The minimum absolute atomic E-state index is 0.00440. The molecule has 10 nitrogen and oxygen atoms in total. The van der Waals surface area contributed by atoms with E-state index in [-0.39, 0.29) is 30.2 Å². The van der Waals surface area contributed by atoms with Crippen LogP contribution in [0.2, 0.25) is 5.02 Å². The highest BCUT2D eigenvalue weighted by molar-refractivity contribution is 7.92. The molecule has 1 N–H and O–H groups in total. The molecule has 0 bridgehead atoms. The number of benzene rings is 3. The van der Waals surface area contributed by atoms with E-state index >= 15 is 0 Å². The van der Waals surface area contributed by atoms with Gasteiger partial charge >= 0.3 is 0 Å². The number of nitro groups is 1. The molecule has 3 aromatic carbocycles. The number of hydrogen-bond donors (Lipinski definition) is 1. The lowest BCUT2D eigenvalue weighted by molar-refractivity contribution is -0.384. The number of halogens is 1. The molecule has 0 spiro atoms. The number of nitrogens with zero attached hydrogens (tertiary/aromatic N) is 3. The van der Waals surface area contributed by atoms with Gasteiger partial charge in [-0.3, -0.25) is 24.0 Å². The third-order valence-corrected chi connectivity index (χ3v) is 8.25. The highest BCUT2D eigenvalue weighted by atomic mass is 35.5. The van der Waals surface area contributed by atoms with Crippen LogP contribution in [0.15, 0.2) is 72.8 Å². The zero-order chi connectivity index (χ0) is 30.9. The Balaban J connectivity index is 2.10. The minimum Gasteiger partial charge on any atom is -0.354 e. The second-order valence-electron chi connectivity index (χ2n) is 9.96. The average molecular weight is 615 g/mol. The zero-order valence-electron chi connectivity index (χ0n) is 23.8. The first-order chi connectivity index (χ1) is 19.9. The van der Waals surface area contributed by atoms with Gasteiger partial charge in [-0.1, -0.05) is 79.5 Å². The van der Waals surface area contributed by atoms with Crippen LogP contribution in [0.1, 0.15) is 36.5 Å². The molecular formula is C30H35ClN4O6S. The molecule has 3 aromatic rings. The Kier molecular flexibility index (Phi) is 11.5. The molecule has 0 fully saturated rings. The summed E-state index contributed by atoms with van der Waals surface area (Å²) in [5.41, 5.74) is 1.49. The lowest BCUT2D eigenvalue weighted by Gasteiger charge is -2.34. The smallest absolute Gasteiger partial charge is 0.271 e. The molecule has 0 aliphatic heterocycles. The average Bonchev–Trinajstić information content (AvgIpc) is 2.94. The Morgan fingerprint density at radius 1 is 1.05 bits per heavy atom. The summed E-state index contributed by atoms with van der Waals surface area (Å²) >= 11 is 6.45. The van der Waals surface area contributed by atoms with E-state index < -0.39 is 33.4 Å². The topological polar surface area (TPSA) is 130 Å². The van der Waals surface area contributed by atoms with Crippen LogP contribution in [0, 0.1) is 17.0 Å². The number of nitrogens with one attached hydrogen (secondary N) is 1. The molecule has 3 rings (SSSR count). The third kappa shape index (κ3) is 8.77.